The molecule has 26 heavy (non-hydrogen) atoms. The molecule has 9 heteroatoms. The average Bonchev–Trinajstić information content (AvgIpc) is 2.90. The van der Waals surface area contributed by atoms with Crippen LogP contribution in [0.4, 0.5) is 8.78 Å². The van der Waals surface area contributed by atoms with Crippen LogP contribution in [0.2, 0.25) is 5.02 Å². The van der Waals surface area contributed by atoms with Gasteiger partial charge in [-0.05, 0) is 30.5 Å². The van der Waals surface area contributed by atoms with Crippen molar-refractivity contribution >= 4 is 17.5 Å². The number of benzene rings is 1. The van der Waals surface area contributed by atoms with E-state index in [1.54, 1.807) is 0 Å². The van der Waals surface area contributed by atoms with Crippen molar-refractivity contribution in [3.8, 4) is 0 Å². The first kappa shape index (κ1) is 17.2. The van der Waals surface area contributed by atoms with Gasteiger partial charge < -0.3 is 4.90 Å². The molecule has 3 heterocycles. The number of halogens is 3. The summed E-state index contributed by atoms with van der Waals surface area (Å²) in [7, 11) is 0. The largest absolute Gasteiger partial charge is 0.346 e. The maximum absolute atomic E-state index is 13.2. The number of nitrogens with zero attached hydrogens (tertiary/aromatic N) is 4. The summed E-state index contributed by atoms with van der Waals surface area (Å²) in [6.45, 7) is 0.257. The molecular formula is C17H17ClF2N4O2. The molecular weight excluding hydrogens is 366 g/mol. The lowest BCUT2D eigenvalue weighted by Crippen LogP contribution is -2.54. The molecule has 0 radical (unpaired) electrons. The molecule has 2 aromatic rings. The van der Waals surface area contributed by atoms with Gasteiger partial charge in [0.2, 0.25) is 5.91 Å². The van der Waals surface area contributed by atoms with Crippen molar-refractivity contribution in [2.75, 3.05) is 13.1 Å². The van der Waals surface area contributed by atoms with Gasteiger partial charge in [0, 0.05) is 11.4 Å². The summed E-state index contributed by atoms with van der Waals surface area (Å²) in [4.78, 5) is 26.8. The average molecular weight is 383 g/mol. The number of rotatable bonds is 3. The molecule has 2 aliphatic rings. The predicted octanol–water partition coefficient (Wildman–Crippen LogP) is 1.94. The summed E-state index contributed by atoms with van der Waals surface area (Å²) < 4.78 is 28.9. The zero-order chi connectivity index (χ0) is 18.4. The van der Waals surface area contributed by atoms with Crippen LogP contribution in [0.1, 0.15) is 30.3 Å². The number of amides is 1. The first-order valence-electron chi connectivity index (χ1n) is 8.49. The Hall–Kier alpha value is -2.22. The zero-order valence-electron chi connectivity index (χ0n) is 13.9. The number of aryl methyl sites for hydroxylation is 1. The Morgan fingerprint density at radius 1 is 1.35 bits per heavy atom. The van der Waals surface area contributed by atoms with Crippen molar-refractivity contribution in [1.29, 1.82) is 0 Å². The monoisotopic (exact) mass is 382 g/mol. The lowest BCUT2D eigenvalue weighted by Gasteiger charge is -2.37. The molecule has 2 aliphatic heterocycles. The van der Waals surface area contributed by atoms with Crippen LogP contribution in [-0.2, 0) is 17.8 Å². The number of carbonyl (C=O) groups is 1. The SMILES string of the molecule is O=C(C1CCCc2nn(Cc3ccc(F)cc3Cl)c(=O)n21)N1CC(F)C1. The van der Waals surface area contributed by atoms with E-state index < -0.39 is 23.7 Å². The molecule has 1 saturated heterocycles. The summed E-state index contributed by atoms with van der Waals surface area (Å²) >= 11 is 6.03. The molecule has 0 N–H and O–H groups in total. The van der Waals surface area contributed by atoms with E-state index in [9.17, 15) is 18.4 Å². The molecule has 0 bridgehead atoms. The first-order valence-corrected chi connectivity index (χ1v) is 8.87. The van der Waals surface area contributed by atoms with E-state index in [-0.39, 0.29) is 30.6 Å². The number of aromatic nitrogens is 3. The van der Waals surface area contributed by atoms with Crippen LogP contribution in [-0.4, -0.2) is 44.4 Å². The number of carbonyl (C=O) groups excluding carboxylic acids is 1. The summed E-state index contributed by atoms with van der Waals surface area (Å²) in [6, 6.07) is 3.32. The highest BCUT2D eigenvalue weighted by atomic mass is 35.5. The Bertz CT molecular complexity index is 920. The molecule has 6 nitrogen and oxygen atoms in total. The fourth-order valence-corrected chi connectivity index (χ4v) is 3.72. The Morgan fingerprint density at radius 2 is 2.12 bits per heavy atom. The van der Waals surface area contributed by atoms with Crippen LogP contribution in [0.15, 0.2) is 23.0 Å². The quantitative estimate of drug-likeness (QED) is 0.815. The molecule has 4 rings (SSSR count). The lowest BCUT2D eigenvalue weighted by molar-refractivity contribution is -0.142. The van der Waals surface area contributed by atoms with E-state index in [0.717, 1.165) is 6.42 Å². The van der Waals surface area contributed by atoms with Gasteiger partial charge in [0.1, 0.15) is 23.9 Å². The Labute approximate surface area is 153 Å². The standard InChI is InChI=1S/C17H17ClF2N4O2/c18-13-6-11(19)5-4-10(13)7-23-17(26)24-14(2-1-3-15(24)21-23)16(25)22-8-12(20)9-22/h4-6,12,14H,1-3,7-9H2. The molecule has 1 fully saturated rings. The summed E-state index contributed by atoms with van der Waals surface area (Å²) in [5.41, 5.74) is 0.160. The Morgan fingerprint density at radius 3 is 2.81 bits per heavy atom. The van der Waals surface area contributed by atoms with Gasteiger partial charge in [-0.2, -0.15) is 5.10 Å². The molecule has 0 aliphatic carbocycles. The van der Waals surface area contributed by atoms with Crippen molar-refractivity contribution in [2.24, 2.45) is 0 Å². The van der Waals surface area contributed by atoms with Gasteiger partial charge >= 0.3 is 5.69 Å². The van der Waals surface area contributed by atoms with Gasteiger partial charge in [-0.25, -0.2) is 18.3 Å². The van der Waals surface area contributed by atoms with Crippen molar-refractivity contribution in [3.63, 3.8) is 0 Å². The van der Waals surface area contributed by atoms with Gasteiger partial charge in [-0.15, -0.1) is 0 Å². The van der Waals surface area contributed by atoms with Crippen LogP contribution >= 0.6 is 11.6 Å². The minimum Gasteiger partial charge on any atom is -0.335 e. The first-order chi connectivity index (χ1) is 12.4. The lowest BCUT2D eigenvalue weighted by atomic mass is 10.0. The van der Waals surface area contributed by atoms with Crippen LogP contribution in [0.25, 0.3) is 0 Å². The maximum Gasteiger partial charge on any atom is 0.346 e. The fraction of sp³-hybridized carbons (Fsp3) is 0.471. The van der Waals surface area contributed by atoms with E-state index in [1.807, 2.05) is 0 Å². The van der Waals surface area contributed by atoms with Gasteiger partial charge in [-0.3, -0.25) is 9.36 Å². The zero-order valence-corrected chi connectivity index (χ0v) is 14.6. The van der Waals surface area contributed by atoms with Crippen LogP contribution in [0, 0.1) is 5.82 Å². The van der Waals surface area contributed by atoms with Crippen molar-refractivity contribution in [3.05, 3.63) is 50.9 Å². The van der Waals surface area contributed by atoms with Crippen molar-refractivity contribution < 1.29 is 13.6 Å². The van der Waals surface area contributed by atoms with E-state index >= 15 is 0 Å². The normalized spacial score (nSPS) is 20.0. The maximum atomic E-state index is 13.2. The number of hydrogen-bond acceptors (Lipinski definition) is 3. The number of fused-ring (bicyclic) bond motifs is 1. The molecule has 0 saturated carbocycles. The van der Waals surface area contributed by atoms with Gasteiger partial charge in [0.05, 0.1) is 19.6 Å². The van der Waals surface area contributed by atoms with Crippen molar-refractivity contribution in [2.45, 2.75) is 38.0 Å². The summed E-state index contributed by atoms with van der Waals surface area (Å²) in [5, 5.41) is 4.54. The minimum atomic E-state index is -0.984. The fourth-order valence-electron chi connectivity index (χ4n) is 3.49. The minimum absolute atomic E-state index is 0.0821. The van der Waals surface area contributed by atoms with E-state index in [2.05, 4.69) is 5.10 Å². The highest BCUT2D eigenvalue weighted by Gasteiger charge is 2.38. The second-order valence-electron chi connectivity index (χ2n) is 6.71. The highest BCUT2D eigenvalue weighted by molar-refractivity contribution is 6.31. The molecule has 1 amide bonds. The number of alkyl halides is 1. The van der Waals surface area contributed by atoms with Gasteiger partial charge in [0.25, 0.3) is 0 Å². The van der Waals surface area contributed by atoms with Crippen LogP contribution < -0.4 is 5.69 Å². The third-order valence-corrected chi connectivity index (χ3v) is 5.25. The van der Waals surface area contributed by atoms with Crippen LogP contribution in [0.5, 0.6) is 0 Å². The molecule has 0 spiro atoms. The number of hydrogen-bond donors (Lipinski definition) is 0. The van der Waals surface area contributed by atoms with Crippen LogP contribution in [0.3, 0.4) is 0 Å². The number of likely N-dealkylation sites (tertiary alicyclic amines) is 1. The smallest absolute Gasteiger partial charge is 0.335 e. The second-order valence-corrected chi connectivity index (χ2v) is 7.12. The Balaban J connectivity index is 1.64. The molecule has 1 aromatic carbocycles. The van der Waals surface area contributed by atoms with E-state index in [1.165, 1.54) is 32.3 Å². The third kappa shape index (κ3) is 2.92. The topological polar surface area (TPSA) is 60.1 Å². The van der Waals surface area contributed by atoms with E-state index in [0.29, 0.717) is 24.2 Å². The molecule has 138 valence electrons. The van der Waals surface area contributed by atoms with Gasteiger partial charge in [-0.1, -0.05) is 17.7 Å². The highest BCUT2D eigenvalue weighted by Crippen LogP contribution is 2.27. The molecule has 1 atom stereocenters. The Kier molecular flexibility index (Phi) is 4.30. The second kappa shape index (κ2) is 6.50. The van der Waals surface area contributed by atoms with Gasteiger partial charge in [0.15, 0.2) is 0 Å². The third-order valence-electron chi connectivity index (χ3n) is 4.90. The predicted molar refractivity (Wildman–Crippen MR) is 90.5 cm³/mol. The van der Waals surface area contributed by atoms with E-state index in [4.69, 9.17) is 11.6 Å². The summed E-state index contributed by atoms with van der Waals surface area (Å²) in [6.07, 6.45) is 0.871. The molecule has 1 unspecified atom stereocenters. The molecule has 1 aromatic heterocycles. The summed E-state index contributed by atoms with van der Waals surface area (Å²) in [5.74, 6) is -0.155. The van der Waals surface area contributed by atoms with Crippen molar-refractivity contribution in [1.82, 2.24) is 19.2 Å².